The number of benzene rings is 1. The summed E-state index contributed by atoms with van der Waals surface area (Å²) in [6.45, 7) is 1.68. The lowest BCUT2D eigenvalue weighted by Crippen LogP contribution is -2.29. The summed E-state index contributed by atoms with van der Waals surface area (Å²) in [6.07, 6.45) is 3.88. The molecule has 2 heterocycles. The molecule has 0 bridgehead atoms. The molecule has 1 amide bonds. The molecule has 0 spiro atoms. The van der Waals surface area contributed by atoms with Gasteiger partial charge in [-0.3, -0.25) is 9.36 Å². The molecule has 1 fully saturated rings. The number of hydrogen-bond acceptors (Lipinski definition) is 2. The molecule has 0 radical (unpaired) electrons. The van der Waals surface area contributed by atoms with Crippen LogP contribution >= 0.6 is 12.2 Å². The molecule has 5 heteroatoms. The van der Waals surface area contributed by atoms with Gasteiger partial charge in [0, 0.05) is 25.0 Å². The molecule has 0 aliphatic carbocycles. The Bertz CT molecular complexity index is 638. The van der Waals surface area contributed by atoms with Crippen molar-refractivity contribution < 1.29 is 4.79 Å². The van der Waals surface area contributed by atoms with Gasteiger partial charge in [-0.05, 0) is 37.2 Å². The zero-order chi connectivity index (χ0) is 13.2. The van der Waals surface area contributed by atoms with Crippen LogP contribution in [0.25, 0.3) is 5.69 Å². The first-order chi connectivity index (χ1) is 9.27. The molecule has 1 aromatic heterocycles. The predicted octanol–water partition coefficient (Wildman–Crippen LogP) is 2.77. The molecule has 0 unspecified atom stereocenters. The van der Waals surface area contributed by atoms with Gasteiger partial charge in [-0.25, -0.2) is 0 Å². The van der Waals surface area contributed by atoms with Crippen molar-refractivity contribution in [2.75, 3.05) is 13.1 Å². The van der Waals surface area contributed by atoms with Gasteiger partial charge < -0.3 is 9.88 Å². The molecular weight excluding hydrogens is 258 g/mol. The van der Waals surface area contributed by atoms with Gasteiger partial charge in [-0.1, -0.05) is 18.2 Å². The maximum absolute atomic E-state index is 12.5. The molecule has 1 aromatic carbocycles. The molecule has 1 saturated heterocycles. The van der Waals surface area contributed by atoms with E-state index in [0.717, 1.165) is 31.6 Å². The van der Waals surface area contributed by atoms with Crippen molar-refractivity contribution in [3.63, 3.8) is 0 Å². The first kappa shape index (κ1) is 12.2. The summed E-state index contributed by atoms with van der Waals surface area (Å²) in [4.78, 5) is 17.3. The lowest BCUT2D eigenvalue weighted by molar-refractivity contribution is 0.0785. The molecule has 1 aliphatic rings. The Morgan fingerprint density at radius 2 is 1.84 bits per heavy atom. The summed E-state index contributed by atoms with van der Waals surface area (Å²) in [7, 11) is 0. The van der Waals surface area contributed by atoms with Crippen molar-refractivity contribution in [1.82, 2.24) is 14.5 Å². The predicted molar refractivity (Wildman–Crippen MR) is 76.1 cm³/mol. The second kappa shape index (κ2) is 5.01. The third kappa shape index (κ3) is 2.21. The van der Waals surface area contributed by atoms with Gasteiger partial charge in [-0.15, -0.1) is 0 Å². The van der Waals surface area contributed by atoms with Crippen LogP contribution in [0.15, 0.2) is 36.5 Å². The highest BCUT2D eigenvalue weighted by Gasteiger charge is 2.23. The molecule has 0 atom stereocenters. The normalized spacial score (nSPS) is 14.8. The number of H-pyrrole nitrogens is 1. The first-order valence-corrected chi connectivity index (χ1v) is 6.83. The number of hydrogen-bond donors (Lipinski definition) is 1. The van der Waals surface area contributed by atoms with E-state index in [1.54, 1.807) is 10.8 Å². The maximum atomic E-state index is 12.5. The minimum Gasteiger partial charge on any atom is -0.337 e. The number of carbonyl (C=O) groups is 1. The summed E-state index contributed by atoms with van der Waals surface area (Å²) >= 11 is 5.29. The van der Waals surface area contributed by atoms with E-state index in [4.69, 9.17) is 12.2 Å². The third-order valence-electron chi connectivity index (χ3n) is 3.40. The fourth-order valence-electron chi connectivity index (χ4n) is 2.44. The molecule has 98 valence electrons. The van der Waals surface area contributed by atoms with Crippen molar-refractivity contribution in [2.24, 2.45) is 0 Å². The molecule has 1 N–H and O–H groups in total. The summed E-state index contributed by atoms with van der Waals surface area (Å²) in [5.41, 5.74) is 1.52. The summed E-state index contributed by atoms with van der Waals surface area (Å²) in [5, 5.41) is 0. The van der Waals surface area contributed by atoms with Crippen LogP contribution in [0, 0.1) is 4.77 Å². The largest absolute Gasteiger partial charge is 0.337 e. The van der Waals surface area contributed by atoms with E-state index in [-0.39, 0.29) is 5.91 Å². The Morgan fingerprint density at radius 1 is 1.16 bits per heavy atom. The average Bonchev–Trinajstić information content (AvgIpc) is 3.08. The second-order valence-electron chi connectivity index (χ2n) is 4.65. The van der Waals surface area contributed by atoms with Crippen molar-refractivity contribution in [2.45, 2.75) is 12.8 Å². The van der Waals surface area contributed by atoms with E-state index in [1.165, 1.54) is 0 Å². The van der Waals surface area contributed by atoms with Crippen LogP contribution in [-0.4, -0.2) is 33.4 Å². The average molecular weight is 273 g/mol. The Labute approximate surface area is 116 Å². The monoisotopic (exact) mass is 273 g/mol. The third-order valence-corrected chi connectivity index (χ3v) is 3.70. The van der Waals surface area contributed by atoms with Crippen LogP contribution in [0.4, 0.5) is 0 Å². The van der Waals surface area contributed by atoms with E-state index in [1.807, 2.05) is 35.2 Å². The lowest BCUT2D eigenvalue weighted by Gasteiger charge is -2.16. The fourth-order valence-corrected chi connectivity index (χ4v) is 2.70. The van der Waals surface area contributed by atoms with Crippen molar-refractivity contribution >= 4 is 18.1 Å². The number of para-hydroxylation sites is 1. The number of aromatic nitrogens is 2. The molecule has 2 aromatic rings. The SMILES string of the molecule is O=C(c1c[nH]c(=S)n1-c1ccccc1)N1CCCC1. The van der Waals surface area contributed by atoms with E-state index in [2.05, 4.69) is 4.98 Å². The van der Waals surface area contributed by atoms with Gasteiger partial charge in [0.05, 0.1) is 0 Å². The van der Waals surface area contributed by atoms with E-state index < -0.39 is 0 Å². The zero-order valence-electron chi connectivity index (χ0n) is 10.5. The standard InChI is InChI=1S/C14H15N3OS/c18-13(16-8-4-5-9-16)12-10-15-14(19)17(12)11-6-2-1-3-7-11/h1-3,6-7,10H,4-5,8-9H2,(H,15,19). The minimum atomic E-state index is 0.0497. The summed E-state index contributed by atoms with van der Waals surface area (Å²) < 4.78 is 2.35. The second-order valence-corrected chi connectivity index (χ2v) is 5.04. The topological polar surface area (TPSA) is 41.0 Å². The molecule has 1 aliphatic heterocycles. The Balaban J connectivity index is 2.04. The minimum absolute atomic E-state index is 0.0497. The van der Waals surface area contributed by atoms with Gasteiger partial charge >= 0.3 is 0 Å². The zero-order valence-corrected chi connectivity index (χ0v) is 11.3. The van der Waals surface area contributed by atoms with Gasteiger partial charge in [0.15, 0.2) is 4.77 Å². The smallest absolute Gasteiger partial charge is 0.272 e. The molecule has 3 rings (SSSR count). The molecule has 4 nitrogen and oxygen atoms in total. The van der Waals surface area contributed by atoms with Gasteiger partial charge in [0.2, 0.25) is 0 Å². The number of amides is 1. The highest BCUT2D eigenvalue weighted by molar-refractivity contribution is 7.71. The number of likely N-dealkylation sites (tertiary alicyclic amines) is 1. The molecule has 0 saturated carbocycles. The van der Waals surface area contributed by atoms with Crippen LogP contribution in [0.3, 0.4) is 0 Å². The number of carbonyl (C=O) groups excluding carboxylic acids is 1. The number of nitrogens with zero attached hydrogens (tertiary/aromatic N) is 2. The lowest BCUT2D eigenvalue weighted by atomic mass is 10.3. The highest BCUT2D eigenvalue weighted by Crippen LogP contribution is 2.17. The van der Waals surface area contributed by atoms with Crippen LogP contribution in [0.1, 0.15) is 23.3 Å². The summed E-state index contributed by atoms with van der Waals surface area (Å²) in [5.74, 6) is 0.0497. The van der Waals surface area contributed by atoms with E-state index >= 15 is 0 Å². The molecule has 19 heavy (non-hydrogen) atoms. The van der Waals surface area contributed by atoms with Crippen molar-refractivity contribution in [3.05, 3.63) is 47.0 Å². The van der Waals surface area contributed by atoms with Crippen LogP contribution < -0.4 is 0 Å². The van der Waals surface area contributed by atoms with Gasteiger partial charge in [-0.2, -0.15) is 0 Å². The first-order valence-electron chi connectivity index (χ1n) is 6.42. The van der Waals surface area contributed by atoms with E-state index in [9.17, 15) is 4.79 Å². The Morgan fingerprint density at radius 3 is 2.53 bits per heavy atom. The number of aromatic amines is 1. The van der Waals surface area contributed by atoms with Crippen LogP contribution in [0.5, 0.6) is 0 Å². The Kier molecular flexibility index (Phi) is 3.21. The quantitative estimate of drug-likeness (QED) is 0.855. The Hall–Kier alpha value is -1.88. The van der Waals surface area contributed by atoms with Crippen LogP contribution in [-0.2, 0) is 0 Å². The number of nitrogens with one attached hydrogen (secondary N) is 1. The van der Waals surface area contributed by atoms with Crippen LogP contribution in [0.2, 0.25) is 0 Å². The van der Waals surface area contributed by atoms with Gasteiger partial charge in [0.25, 0.3) is 5.91 Å². The van der Waals surface area contributed by atoms with Crippen molar-refractivity contribution in [1.29, 1.82) is 0 Å². The van der Waals surface area contributed by atoms with E-state index in [0.29, 0.717) is 10.5 Å². The summed E-state index contributed by atoms with van der Waals surface area (Å²) in [6, 6.07) is 9.72. The van der Waals surface area contributed by atoms with Crippen molar-refractivity contribution in [3.8, 4) is 5.69 Å². The maximum Gasteiger partial charge on any atom is 0.272 e. The van der Waals surface area contributed by atoms with Gasteiger partial charge in [0.1, 0.15) is 5.69 Å². The molecular formula is C14H15N3OS. The fraction of sp³-hybridized carbons (Fsp3) is 0.286. The number of imidazole rings is 1. The number of rotatable bonds is 2. The highest BCUT2D eigenvalue weighted by atomic mass is 32.1.